The van der Waals surface area contributed by atoms with Crippen molar-refractivity contribution in [3.8, 4) is 0 Å². The van der Waals surface area contributed by atoms with Gasteiger partial charge in [0, 0.05) is 42.0 Å². The highest BCUT2D eigenvalue weighted by atomic mass is 35.5. The minimum absolute atomic E-state index is 0.126. The third-order valence-corrected chi connectivity index (χ3v) is 5.72. The van der Waals surface area contributed by atoms with Gasteiger partial charge in [-0.3, -0.25) is 9.48 Å². The minimum atomic E-state index is 0.126. The van der Waals surface area contributed by atoms with Gasteiger partial charge in [0.2, 0.25) is 5.91 Å². The smallest absolute Gasteiger partial charge is 0.244 e. The van der Waals surface area contributed by atoms with Crippen LogP contribution < -0.4 is 5.32 Å². The highest BCUT2D eigenvalue weighted by Gasteiger charge is 2.33. The van der Waals surface area contributed by atoms with E-state index in [-0.39, 0.29) is 5.91 Å². The molecule has 1 amide bonds. The van der Waals surface area contributed by atoms with Crippen LogP contribution in [-0.4, -0.2) is 39.7 Å². The van der Waals surface area contributed by atoms with Crippen molar-refractivity contribution >= 4 is 17.5 Å². The summed E-state index contributed by atoms with van der Waals surface area (Å²) in [7, 11) is 0. The molecule has 0 bridgehead atoms. The maximum Gasteiger partial charge on any atom is 0.244 e. The molecule has 1 saturated heterocycles. The zero-order chi connectivity index (χ0) is 17.9. The van der Waals surface area contributed by atoms with Gasteiger partial charge >= 0.3 is 0 Å². The Hall–Kier alpha value is -1.85. The Morgan fingerprint density at radius 2 is 2.12 bits per heavy atom. The van der Waals surface area contributed by atoms with E-state index in [0.29, 0.717) is 25.0 Å². The summed E-state index contributed by atoms with van der Waals surface area (Å²) in [6.45, 7) is 2.92. The van der Waals surface area contributed by atoms with Gasteiger partial charge in [-0.25, -0.2) is 0 Å². The van der Waals surface area contributed by atoms with E-state index >= 15 is 0 Å². The first-order chi connectivity index (χ1) is 12.7. The number of nitrogens with zero attached hydrogens (tertiary/aromatic N) is 3. The fourth-order valence-corrected chi connectivity index (χ4v) is 3.96. The highest BCUT2D eigenvalue weighted by molar-refractivity contribution is 6.31. The van der Waals surface area contributed by atoms with Crippen LogP contribution in [0.15, 0.2) is 36.5 Å². The fourth-order valence-electron chi connectivity index (χ4n) is 3.76. The lowest BCUT2D eigenvalue weighted by Crippen LogP contribution is -2.36. The topological polar surface area (TPSA) is 50.2 Å². The van der Waals surface area contributed by atoms with Crippen LogP contribution >= 0.6 is 11.6 Å². The monoisotopic (exact) mass is 372 g/mol. The largest absolute Gasteiger partial charge is 0.334 e. The Bertz CT molecular complexity index is 765. The number of carbonyl (C=O) groups excluding carboxylic acids is 1. The van der Waals surface area contributed by atoms with Gasteiger partial charge in [-0.1, -0.05) is 29.8 Å². The standard InChI is InChI=1S/C20H25ClN4O/c21-18-6-2-1-4-16(18)13-24(17-7-8-17)20(26)14-25-19(9-11-23-25)15-5-3-10-22-12-15/h1-2,4,6,9,11,15,17,22H,3,5,7-8,10,12-14H2/t15-/m1/s1. The zero-order valence-electron chi connectivity index (χ0n) is 14.9. The maximum atomic E-state index is 13.0. The van der Waals surface area contributed by atoms with Crippen molar-refractivity contribution in [1.29, 1.82) is 0 Å². The molecule has 26 heavy (non-hydrogen) atoms. The third-order valence-electron chi connectivity index (χ3n) is 5.36. The summed E-state index contributed by atoms with van der Waals surface area (Å²) in [4.78, 5) is 15.0. The molecule has 2 fully saturated rings. The molecule has 2 aliphatic rings. The van der Waals surface area contributed by atoms with Gasteiger partial charge in [-0.2, -0.15) is 5.10 Å². The van der Waals surface area contributed by atoms with E-state index in [2.05, 4.69) is 16.5 Å². The van der Waals surface area contributed by atoms with E-state index < -0.39 is 0 Å². The molecule has 1 saturated carbocycles. The average Bonchev–Trinajstić information content (AvgIpc) is 3.40. The Morgan fingerprint density at radius 3 is 2.85 bits per heavy atom. The number of amides is 1. The quantitative estimate of drug-likeness (QED) is 0.847. The van der Waals surface area contributed by atoms with Crippen molar-refractivity contribution in [2.75, 3.05) is 13.1 Å². The molecule has 2 aromatic rings. The summed E-state index contributed by atoms with van der Waals surface area (Å²) < 4.78 is 1.89. The number of nitrogens with one attached hydrogen (secondary N) is 1. The van der Waals surface area contributed by atoms with Crippen LogP contribution in [0.3, 0.4) is 0 Å². The molecule has 1 aliphatic carbocycles. The SMILES string of the molecule is O=C(Cn1nccc1[C@@H]1CCCNC1)N(Cc1ccccc1Cl)C1CC1. The number of halogens is 1. The van der Waals surface area contributed by atoms with Crippen LogP contribution in [0.25, 0.3) is 0 Å². The first kappa shape index (κ1) is 17.6. The summed E-state index contributed by atoms with van der Waals surface area (Å²) in [5.74, 6) is 0.568. The molecule has 1 N–H and O–H groups in total. The van der Waals surface area contributed by atoms with Gasteiger partial charge in [-0.05, 0) is 49.9 Å². The van der Waals surface area contributed by atoms with E-state index in [1.54, 1.807) is 0 Å². The zero-order valence-corrected chi connectivity index (χ0v) is 15.7. The second-order valence-corrected chi connectivity index (χ2v) is 7.71. The summed E-state index contributed by atoms with van der Waals surface area (Å²) in [5.41, 5.74) is 2.17. The summed E-state index contributed by atoms with van der Waals surface area (Å²) in [6.07, 6.45) is 6.29. The maximum absolute atomic E-state index is 13.0. The van der Waals surface area contributed by atoms with E-state index in [1.165, 1.54) is 12.1 Å². The normalized spacial score (nSPS) is 20.1. The van der Waals surface area contributed by atoms with Crippen molar-refractivity contribution in [3.63, 3.8) is 0 Å². The van der Waals surface area contributed by atoms with Gasteiger partial charge in [0.25, 0.3) is 0 Å². The molecular formula is C20H25ClN4O. The highest BCUT2D eigenvalue weighted by Crippen LogP contribution is 2.30. The Kier molecular flexibility index (Phi) is 5.27. The molecule has 0 unspecified atom stereocenters. The lowest BCUT2D eigenvalue weighted by Gasteiger charge is -2.26. The molecule has 138 valence electrons. The first-order valence-corrected chi connectivity index (χ1v) is 9.85. The third kappa shape index (κ3) is 3.94. The fraction of sp³-hybridized carbons (Fsp3) is 0.500. The average molecular weight is 373 g/mol. The van der Waals surface area contributed by atoms with E-state index in [4.69, 9.17) is 11.6 Å². The second kappa shape index (κ2) is 7.80. The molecule has 2 heterocycles. The molecule has 0 radical (unpaired) electrons. The van der Waals surface area contributed by atoms with Crippen LogP contribution in [-0.2, 0) is 17.9 Å². The Morgan fingerprint density at radius 1 is 1.27 bits per heavy atom. The van der Waals surface area contributed by atoms with Gasteiger partial charge in [0.15, 0.2) is 0 Å². The number of hydrogen-bond acceptors (Lipinski definition) is 3. The van der Waals surface area contributed by atoms with Crippen molar-refractivity contribution in [2.45, 2.75) is 50.7 Å². The molecule has 0 spiro atoms. The van der Waals surface area contributed by atoms with E-state index in [1.807, 2.05) is 40.0 Å². The molecule has 1 aromatic heterocycles. The number of rotatable bonds is 6. The molecule has 4 rings (SSSR count). The molecule has 5 nitrogen and oxygen atoms in total. The Balaban J connectivity index is 1.48. The minimum Gasteiger partial charge on any atom is -0.334 e. The van der Waals surface area contributed by atoms with Crippen molar-refractivity contribution < 1.29 is 4.79 Å². The van der Waals surface area contributed by atoms with Crippen LogP contribution in [0.2, 0.25) is 5.02 Å². The van der Waals surface area contributed by atoms with E-state index in [9.17, 15) is 4.79 Å². The van der Waals surface area contributed by atoms with Crippen LogP contribution in [0.5, 0.6) is 0 Å². The van der Waals surface area contributed by atoms with Gasteiger partial charge in [-0.15, -0.1) is 0 Å². The number of aromatic nitrogens is 2. The predicted octanol–water partition coefficient (Wildman–Crippen LogP) is 3.19. The summed E-state index contributed by atoms with van der Waals surface area (Å²) in [6, 6.07) is 10.2. The second-order valence-electron chi connectivity index (χ2n) is 7.30. The van der Waals surface area contributed by atoms with Crippen molar-refractivity contribution in [2.24, 2.45) is 0 Å². The molecule has 1 aromatic carbocycles. The van der Waals surface area contributed by atoms with Crippen LogP contribution in [0, 0.1) is 0 Å². The molecule has 1 atom stereocenters. The van der Waals surface area contributed by atoms with Crippen LogP contribution in [0.1, 0.15) is 42.9 Å². The van der Waals surface area contributed by atoms with Crippen molar-refractivity contribution in [1.82, 2.24) is 20.0 Å². The molecular weight excluding hydrogens is 348 g/mol. The van der Waals surface area contributed by atoms with Crippen LogP contribution in [0.4, 0.5) is 0 Å². The molecule has 6 heteroatoms. The lowest BCUT2D eigenvalue weighted by atomic mass is 9.96. The van der Waals surface area contributed by atoms with Gasteiger partial charge in [0.05, 0.1) is 0 Å². The number of benzene rings is 1. The number of carbonyl (C=O) groups is 1. The van der Waals surface area contributed by atoms with Crippen molar-refractivity contribution in [3.05, 3.63) is 52.8 Å². The van der Waals surface area contributed by atoms with E-state index in [0.717, 1.165) is 42.9 Å². The lowest BCUT2D eigenvalue weighted by molar-refractivity contribution is -0.133. The Labute approximate surface area is 159 Å². The van der Waals surface area contributed by atoms with Gasteiger partial charge < -0.3 is 10.2 Å². The predicted molar refractivity (Wildman–Crippen MR) is 102 cm³/mol. The van der Waals surface area contributed by atoms with Gasteiger partial charge in [0.1, 0.15) is 6.54 Å². The number of piperidine rings is 1. The molecule has 1 aliphatic heterocycles. The summed E-state index contributed by atoms with van der Waals surface area (Å²) in [5, 5.41) is 8.60. The number of hydrogen-bond donors (Lipinski definition) is 1. The first-order valence-electron chi connectivity index (χ1n) is 9.47. The summed E-state index contributed by atoms with van der Waals surface area (Å²) >= 11 is 6.31.